The summed E-state index contributed by atoms with van der Waals surface area (Å²) in [5.74, 6) is 0.151. The van der Waals surface area contributed by atoms with Crippen molar-refractivity contribution < 1.29 is 9.00 Å². The van der Waals surface area contributed by atoms with Crippen molar-refractivity contribution in [1.29, 1.82) is 0 Å². The lowest BCUT2D eigenvalue weighted by Gasteiger charge is -2.12. The van der Waals surface area contributed by atoms with Gasteiger partial charge in [0.15, 0.2) is 0 Å². The first-order valence-electron chi connectivity index (χ1n) is 9.37. The molecule has 3 N–H and O–H groups in total. The number of anilines is 2. The van der Waals surface area contributed by atoms with Gasteiger partial charge in [-0.2, -0.15) is 0 Å². The van der Waals surface area contributed by atoms with Gasteiger partial charge in [0.2, 0.25) is 0 Å². The Hall–Kier alpha value is -3.12. The highest BCUT2D eigenvalue weighted by Crippen LogP contribution is 2.28. The van der Waals surface area contributed by atoms with Crippen LogP contribution in [0.1, 0.15) is 22.8 Å². The maximum Gasteiger partial charge on any atom is 0.255 e. The molecule has 0 aliphatic heterocycles. The molecule has 0 aliphatic carbocycles. The number of aryl methyl sites for hydroxylation is 1. The average Bonchev–Trinajstić information content (AvgIpc) is 2.75. The summed E-state index contributed by atoms with van der Waals surface area (Å²) >= 11 is 0. The van der Waals surface area contributed by atoms with E-state index in [0.717, 1.165) is 11.1 Å². The van der Waals surface area contributed by atoms with Crippen LogP contribution in [0.3, 0.4) is 0 Å². The minimum atomic E-state index is -2.42. The fourth-order valence-electron chi connectivity index (χ4n) is 3.00. The van der Waals surface area contributed by atoms with E-state index >= 15 is 0 Å². The third kappa shape index (κ3) is 4.49. The van der Waals surface area contributed by atoms with Crippen molar-refractivity contribution in [3.05, 3.63) is 77.9 Å². The number of carbonyl (C=O) groups is 1. The Morgan fingerprint density at radius 1 is 1.00 bits per heavy atom. The number of hydrogen-bond donors (Lipinski definition) is 2. The molecule has 0 radical (unpaired) electrons. The van der Waals surface area contributed by atoms with E-state index in [1.807, 2.05) is 50.2 Å². The van der Waals surface area contributed by atoms with E-state index in [9.17, 15) is 9.00 Å². The van der Waals surface area contributed by atoms with Crippen LogP contribution in [0.5, 0.6) is 0 Å². The Balaban J connectivity index is 1.84. The zero-order valence-electron chi connectivity index (χ0n) is 16.8. The maximum absolute atomic E-state index is 12.7. The number of nitrogens with one attached hydrogen (secondary N) is 1. The topological polar surface area (TPSA) is 84.5 Å². The van der Waals surface area contributed by atoms with Crippen LogP contribution in [-0.2, 0) is 9.73 Å². The fourth-order valence-corrected chi connectivity index (χ4v) is 4.37. The number of nitrogens with two attached hydrogens (primary N) is 1. The Morgan fingerprint density at radius 2 is 1.62 bits per heavy atom. The van der Waals surface area contributed by atoms with Crippen LogP contribution in [0.4, 0.5) is 11.4 Å². The molecule has 150 valence electrons. The van der Waals surface area contributed by atoms with Gasteiger partial charge in [-0.3, -0.25) is 4.79 Å². The minimum Gasteiger partial charge on any atom is -0.397 e. The summed E-state index contributed by atoms with van der Waals surface area (Å²) in [5.41, 5.74) is 10.8. The maximum atomic E-state index is 12.7. The second kappa shape index (κ2) is 8.49. The summed E-state index contributed by atoms with van der Waals surface area (Å²) < 4.78 is 16.7. The van der Waals surface area contributed by atoms with Gasteiger partial charge in [0.05, 0.1) is 21.1 Å². The van der Waals surface area contributed by atoms with Gasteiger partial charge in [0, 0.05) is 23.3 Å². The molecular formula is C23H25N3O2S. The molecule has 5 nitrogen and oxygen atoms in total. The number of carbonyl (C=O) groups excluding carboxylic acids is 1. The first-order valence-corrected chi connectivity index (χ1v) is 11.1. The number of nitrogens with zero attached hydrogens (tertiary/aromatic N) is 1. The molecule has 1 atom stereocenters. The van der Waals surface area contributed by atoms with Crippen LogP contribution in [0.15, 0.2) is 76.0 Å². The molecule has 0 aliphatic rings. The van der Waals surface area contributed by atoms with Gasteiger partial charge in [-0.25, -0.2) is 8.57 Å². The number of benzene rings is 3. The fraction of sp³-hybridized carbons (Fsp3) is 0.174. The van der Waals surface area contributed by atoms with Crippen LogP contribution in [0, 0.1) is 6.92 Å². The Bertz CT molecular complexity index is 1140. The van der Waals surface area contributed by atoms with Crippen LogP contribution in [0.25, 0.3) is 11.1 Å². The van der Waals surface area contributed by atoms with Crippen molar-refractivity contribution in [2.45, 2.75) is 18.7 Å². The Morgan fingerprint density at radius 3 is 2.21 bits per heavy atom. The highest BCUT2D eigenvalue weighted by atomic mass is 32.2. The van der Waals surface area contributed by atoms with Gasteiger partial charge in [-0.05, 0) is 54.4 Å². The molecule has 3 aromatic carbocycles. The third-order valence-electron chi connectivity index (χ3n) is 4.86. The normalized spacial score (nSPS) is 12.8. The highest BCUT2D eigenvalue weighted by molar-refractivity contribution is 7.93. The van der Waals surface area contributed by atoms with E-state index < -0.39 is 9.73 Å². The van der Waals surface area contributed by atoms with Crippen LogP contribution >= 0.6 is 0 Å². The number of nitrogen functional groups attached to an aromatic ring is 1. The predicted octanol–water partition coefficient (Wildman–Crippen LogP) is 4.97. The first-order chi connectivity index (χ1) is 13.9. The predicted molar refractivity (Wildman–Crippen MR) is 121 cm³/mol. The van der Waals surface area contributed by atoms with Crippen molar-refractivity contribution in [2.24, 2.45) is 4.36 Å². The summed E-state index contributed by atoms with van der Waals surface area (Å²) in [4.78, 5) is 13.3. The smallest absolute Gasteiger partial charge is 0.255 e. The van der Waals surface area contributed by atoms with Crippen LogP contribution < -0.4 is 11.1 Å². The SMILES string of the molecule is CCS(=O)(=NC)c1ccc(C(=O)Nc2cc(-c3ccc(C)cc3)ccc2N)cc1. The first kappa shape index (κ1) is 20.6. The minimum absolute atomic E-state index is 0.277. The number of rotatable bonds is 5. The second-order valence-corrected chi connectivity index (χ2v) is 9.45. The number of amides is 1. The molecule has 3 rings (SSSR count). The molecule has 0 aromatic heterocycles. The van der Waals surface area contributed by atoms with Gasteiger partial charge < -0.3 is 11.1 Å². The molecular weight excluding hydrogens is 382 g/mol. The van der Waals surface area contributed by atoms with Gasteiger partial charge >= 0.3 is 0 Å². The molecule has 0 heterocycles. The highest BCUT2D eigenvalue weighted by Gasteiger charge is 2.13. The van der Waals surface area contributed by atoms with Crippen LogP contribution in [-0.4, -0.2) is 22.9 Å². The largest absolute Gasteiger partial charge is 0.397 e. The molecule has 0 fully saturated rings. The summed E-state index contributed by atoms with van der Waals surface area (Å²) in [6.07, 6.45) is 0. The lowest BCUT2D eigenvalue weighted by Crippen LogP contribution is -2.13. The molecule has 0 bridgehead atoms. The summed E-state index contributed by atoms with van der Waals surface area (Å²) in [7, 11) is -0.866. The van der Waals surface area contributed by atoms with E-state index in [4.69, 9.17) is 5.73 Å². The molecule has 6 heteroatoms. The van der Waals surface area contributed by atoms with Crippen molar-refractivity contribution in [3.8, 4) is 11.1 Å². The van der Waals surface area contributed by atoms with Gasteiger partial charge in [-0.15, -0.1) is 0 Å². The monoisotopic (exact) mass is 407 g/mol. The lowest BCUT2D eigenvalue weighted by atomic mass is 10.0. The summed E-state index contributed by atoms with van der Waals surface area (Å²) in [6, 6.07) is 20.4. The molecule has 1 unspecified atom stereocenters. The Labute approximate surface area is 172 Å². The van der Waals surface area contributed by atoms with Crippen molar-refractivity contribution in [2.75, 3.05) is 23.9 Å². The van der Waals surface area contributed by atoms with E-state index in [1.54, 1.807) is 37.4 Å². The zero-order valence-corrected chi connectivity index (χ0v) is 17.6. The average molecular weight is 408 g/mol. The standard InChI is InChI=1S/C23H25N3O2S/c1-4-29(28,25-3)20-12-9-18(10-13-20)23(27)26-22-15-19(11-14-21(22)24)17-7-5-16(2)6-8-17/h5-15H,4,24H2,1-3H3,(H,26,27). The molecule has 1 amide bonds. The molecule has 29 heavy (non-hydrogen) atoms. The lowest BCUT2D eigenvalue weighted by molar-refractivity contribution is 0.102. The van der Waals surface area contributed by atoms with Crippen molar-refractivity contribution >= 4 is 27.0 Å². The molecule has 0 saturated carbocycles. The second-order valence-electron chi connectivity index (χ2n) is 6.76. The number of hydrogen-bond acceptors (Lipinski definition) is 4. The van der Waals surface area contributed by atoms with Gasteiger partial charge in [-0.1, -0.05) is 42.8 Å². The molecule has 0 spiro atoms. The van der Waals surface area contributed by atoms with Crippen LogP contribution in [0.2, 0.25) is 0 Å². The Kier molecular flexibility index (Phi) is 6.03. The van der Waals surface area contributed by atoms with Gasteiger partial charge in [0.25, 0.3) is 5.91 Å². The molecule has 3 aromatic rings. The summed E-state index contributed by atoms with van der Waals surface area (Å²) in [5, 5.41) is 2.88. The van der Waals surface area contributed by atoms with Crippen molar-refractivity contribution in [1.82, 2.24) is 0 Å². The van der Waals surface area contributed by atoms with E-state index in [1.165, 1.54) is 5.56 Å². The molecule has 0 saturated heterocycles. The summed E-state index contributed by atoms with van der Waals surface area (Å²) in [6.45, 7) is 3.87. The van der Waals surface area contributed by atoms with E-state index in [0.29, 0.717) is 27.6 Å². The quantitative estimate of drug-likeness (QED) is 0.585. The van der Waals surface area contributed by atoms with Gasteiger partial charge in [0.1, 0.15) is 0 Å². The van der Waals surface area contributed by atoms with E-state index in [2.05, 4.69) is 9.68 Å². The van der Waals surface area contributed by atoms with Crippen molar-refractivity contribution in [3.63, 3.8) is 0 Å². The third-order valence-corrected chi connectivity index (χ3v) is 7.24. The van der Waals surface area contributed by atoms with E-state index in [-0.39, 0.29) is 5.91 Å². The zero-order chi connectivity index (χ0) is 21.0.